The van der Waals surface area contributed by atoms with E-state index in [1.807, 2.05) is 0 Å². The van der Waals surface area contributed by atoms with E-state index < -0.39 is 34.8 Å². The van der Waals surface area contributed by atoms with Crippen molar-refractivity contribution in [2.75, 3.05) is 19.0 Å². The average molecular weight is 553 g/mol. The zero-order valence-electron chi connectivity index (χ0n) is 19.3. The second-order valence-corrected chi connectivity index (χ2v) is 8.17. The molecule has 3 aromatic heterocycles. The van der Waals surface area contributed by atoms with Gasteiger partial charge in [0.25, 0.3) is 5.56 Å². The van der Waals surface area contributed by atoms with Crippen LogP contribution in [-0.2, 0) is 17.5 Å². The molecular weight excluding hydrogens is 536 g/mol. The molecule has 2 N–H and O–H groups in total. The molecular formula is C23H17ClF4N6O4. The molecule has 4 rings (SSSR count). The molecule has 4 aromatic rings. The summed E-state index contributed by atoms with van der Waals surface area (Å²) in [7, 11) is 1.40. The summed E-state index contributed by atoms with van der Waals surface area (Å²) in [5, 5.41) is 15.7. The lowest BCUT2D eigenvalue weighted by molar-refractivity contribution is -0.141. The van der Waals surface area contributed by atoms with Crippen LogP contribution in [0.25, 0.3) is 16.9 Å². The lowest BCUT2D eigenvalue weighted by Crippen LogP contribution is -2.27. The molecule has 1 aromatic carbocycles. The lowest BCUT2D eigenvalue weighted by Gasteiger charge is -2.14. The van der Waals surface area contributed by atoms with E-state index in [0.717, 1.165) is 33.6 Å². The maximum Gasteiger partial charge on any atom is 0.435 e. The first-order valence-corrected chi connectivity index (χ1v) is 11.0. The number of rotatable bonds is 8. The second kappa shape index (κ2) is 10.6. The number of carboxylic acids is 1. The number of aromatic nitrogens is 5. The van der Waals surface area contributed by atoms with Crippen LogP contribution in [0.1, 0.15) is 16.1 Å². The van der Waals surface area contributed by atoms with Crippen molar-refractivity contribution in [1.29, 1.82) is 0 Å². The van der Waals surface area contributed by atoms with Gasteiger partial charge in [-0.1, -0.05) is 11.6 Å². The van der Waals surface area contributed by atoms with Crippen LogP contribution >= 0.6 is 11.6 Å². The highest BCUT2D eigenvalue weighted by Crippen LogP contribution is 2.31. The summed E-state index contributed by atoms with van der Waals surface area (Å²) in [5.41, 5.74) is -2.10. The molecule has 15 heteroatoms. The van der Waals surface area contributed by atoms with E-state index in [9.17, 15) is 32.3 Å². The van der Waals surface area contributed by atoms with Gasteiger partial charge in [-0.05, 0) is 30.3 Å². The van der Waals surface area contributed by atoms with Gasteiger partial charge < -0.3 is 19.7 Å². The maximum absolute atomic E-state index is 13.5. The SMILES string of the molecule is COCCn1cc(-c2cnc(Nc3ccc(F)c(Cl)c3)nc2-n2ccc(C(F)(F)F)n2)cc(C(=O)O)c1=O. The number of halogens is 5. The third kappa shape index (κ3) is 5.65. The van der Waals surface area contributed by atoms with Crippen LogP contribution in [0.3, 0.4) is 0 Å². The molecule has 0 amide bonds. The highest BCUT2D eigenvalue weighted by Gasteiger charge is 2.34. The van der Waals surface area contributed by atoms with E-state index in [1.54, 1.807) is 0 Å². The summed E-state index contributed by atoms with van der Waals surface area (Å²) in [5.74, 6) is -2.44. The summed E-state index contributed by atoms with van der Waals surface area (Å²) in [6.45, 7) is 0.0908. The molecule has 0 bridgehead atoms. The Balaban J connectivity index is 1.89. The predicted molar refractivity (Wildman–Crippen MR) is 127 cm³/mol. The summed E-state index contributed by atoms with van der Waals surface area (Å²) < 4.78 is 60.2. The number of hydrogen-bond acceptors (Lipinski definition) is 7. The molecule has 10 nitrogen and oxygen atoms in total. The minimum absolute atomic E-state index is 0.00456. The number of carbonyl (C=O) groups is 1. The molecule has 0 saturated carbocycles. The lowest BCUT2D eigenvalue weighted by atomic mass is 10.1. The zero-order valence-corrected chi connectivity index (χ0v) is 20.1. The van der Waals surface area contributed by atoms with E-state index in [-0.39, 0.29) is 46.8 Å². The van der Waals surface area contributed by atoms with Crippen molar-refractivity contribution in [1.82, 2.24) is 24.3 Å². The fourth-order valence-corrected chi connectivity index (χ4v) is 3.58. The molecule has 0 saturated heterocycles. The van der Waals surface area contributed by atoms with Gasteiger partial charge >= 0.3 is 12.1 Å². The van der Waals surface area contributed by atoms with E-state index in [4.69, 9.17) is 16.3 Å². The first-order chi connectivity index (χ1) is 18.0. The van der Waals surface area contributed by atoms with Crippen LogP contribution in [0.4, 0.5) is 29.2 Å². The number of pyridine rings is 1. The maximum atomic E-state index is 13.5. The van der Waals surface area contributed by atoms with Gasteiger partial charge in [0, 0.05) is 49.1 Å². The third-order valence-electron chi connectivity index (χ3n) is 5.20. The number of methoxy groups -OCH3 is 1. The van der Waals surface area contributed by atoms with Crippen molar-refractivity contribution < 1.29 is 32.2 Å². The first-order valence-electron chi connectivity index (χ1n) is 10.7. The molecule has 0 spiro atoms. The molecule has 0 radical (unpaired) electrons. The van der Waals surface area contributed by atoms with Crippen LogP contribution in [-0.4, -0.2) is 49.1 Å². The Morgan fingerprint density at radius 3 is 2.63 bits per heavy atom. The smallest absolute Gasteiger partial charge is 0.435 e. The Labute approximate surface area is 216 Å². The van der Waals surface area contributed by atoms with Gasteiger partial charge in [0.2, 0.25) is 5.95 Å². The molecule has 0 unspecified atom stereocenters. The molecule has 0 atom stereocenters. The topological polar surface area (TPSA) is 124 Å². The number of alkyl halides is 3. The van der Waals surface area contributed by atoms with Crippen LogP contribution < -0.4 is 10.9 Å². The molecule has 38 heavy (non-hydrogen) atoms. The Hall–Kier alpha value is -4.30. The number of anilines is 2. The molecule has 0 fully saturated rings. The predicted octanol–water partition coefficient (Wildman–Crippen LogP) is 4.39. The monoisotopic (exact) mass is 552 g/mol. The number of aromatic carboxylic acids is 1. The molecule has 198 valence electrons. The Bertz CT molecular complexity index is 1570. The number of nitrogens with one attached hydrogen (secondary N) is 1. The Morgan fingerprint density at radius 2 is 2.00 bits per heavy atom. The van der Waals surface area contributed by atoms with Crippen LogP contribution in [0, 0.1) is 5.82 Å². The van der Waals surface area contributed by atoms with Gasteiger partial charge in [-0.2, -0.15) is 23.3 Å². The fraction of sp³-hybridized carbons (Fsp3) is 0.174. The molecule has 0 aliphatic carbocycles. The van der Waals surface area contributed by atoms with E-state index in [1.165, 1.54) is 31.6 Å². The van der Waals surface area contributed by atoms with Gasteiger partial charge in [0.1, 0.15) is 11.4 Å². The molecule has 0 aliphatic rings. The van der Waals surface area contributed by atoms with Gasteiger partial charge in [-0.25, -0.2) is 18.9 Å². The normalized spacial score (nSPS) is 11.5. The number of ether oxygens (including phenoxy) is 1. The third-order valence-corrected chi connectivity index (χ3v) is 5.49. The standard InChI is InChI=1S/C23H17ClF4N6O4/c1-38-7-6-33-11-12(8-14(20(33)35)21(36)37)15-10-29-22(30-13-2-3-17(25)16(24)9-13)31-19(15)34-5-4-18(32-34)23(26,27)28/h2-5,8-11H,6-7H2,1H3,(H,36,37)(H,29,30,31). The van der Waals surface area contributed by atoms with Crippen molar-refractivity contribution >= 4 is 29.2 Å². The highest BCUT2D eigenvalue weighted by atomic mass is 35.5. The quantitative estimate of drug-likeness (QED) is 0.308. The van der Waals surface area contributed by atoms with E-state index >= 15 is 0 Å². The number of carboxylic acid groups (broad SMARTS) is 1. The van der Waals surface area contributed by atoms with Crippen molar-refractivity contribution in [3.63, 3.8) is 0 Å². The minimum Gasteiger partial charge on any atom is -0.477 e. The number of nitrogens with zero attached hydrogens (tertiary/aromatic N) is 5. The summed E-state index contributed by atoms with van der Waals surface area (Å²) >= 11 is 5.80. The van der Waals surface area contributed by atoms with Crippen LogP contribution in [0.5, 0.6) is 0 Å². The van der Waals surface area contributed by atoms with Crippen LogP contribution in [0.15, 0.2) is 53.7 Å². The minimum atomic E-state index is -4.74. The summed E-state index contributed by atoms with van der Waals surface area (Å²) in [6, 6.07) is 5.50. The van der Waals surface area contributed by atoms with Crippen molar-refractivity contribution in [2.45, 2.75) is 12.7 Å². The fourth-order valence-electron chi connectivity index (χ4n) is 3.40. The largest absolute Gasteiger partial charge is 0.477 e. The van der Waals surface area contributed by atoms with Gasteiger partial charge in [-0.3, -0.25) is 4.79 Å². The average Bonchev–Trinajstić information content (AvgIpc) is 3.37. The van der Waals surface area contributed by atoms with Gasteiger partial charge in [-0.15, -0.1) is 0 Å². The Morgan fingerprint density at radius 1 is 1.24 bits per heavy atom. The van der Waals surface area contributed by atoms with Gasteiger partial charge in [0.05, 0.1) is 11.6 Å². The molecule has 0 aliphatic heterocycles. The Kier molecular flexibility index (Phi) is 7.46. The van der Waals surface area contributed by atoms with E-state index in [0.29, 0.717) is 0 Å². The zero-order chi connectivity index (χ0) is 27.6. The van der Waals surface area contributed by atoms with Crippen molar-refractivity contribution in [3.05, 3.63) is 81.4 Å². The second-order valence-electron chi connectivity index (χ2n) is 7.77. The first kappa shape index (κ1) is 26.8. The van der Waals surface area contributed by atoms with E-state index in [2.05, 4.69) is 20.4 Å². The van der Waals surface area contributed by atoms with Crippen molar-refractivity contribution in [3.8, 4) is 16.9 Å². The summed E-state index contributed by atoms with van der Waals surface area (Å²) in [4.78, 5) is 32.7. The van der Waals surface area contributed by atoms with Crippen LogP contribution in [0.2, 0.25) is 5.02 Å². The van der Waals surface area contributed by atoms with Crippen molar-refractivity contribution in [2.24, 2.45) is 0 Å². The number of benzene rings is 1. The van der Waals surface area contributed by atoms with Gasteiger partial charge in [0.15, 0.2) is 11.5 Å². The summed E-state index contributed by atoms with van der Waals surface area (Å²) in [6.07, 6.45) is -1.19. The molecule has 3 heterocycles. The number of hydrogen-bond donors (Lipinski definition) is 2. The highest BCUT2D eigenvalue weighted by molar-refractivity contribution is 6.31.